The number of nitrogens with zero attached hydrogens (tertiary/aromatic N) is 4. The van der Waals surface area contributed by atoms with Crippen LogP contribution in [0.4, 0.5) is 5.82 Å². The number of aromatic nitrogens is 4. The first-order valence-electron chi connectivity index (χ1n) is 7.03. The van der Waals surface area contributed by atoms with Crippen LogP contribution in [0.5, 0.6) is 5.75 Å². The molecule has 0 aromatic carbocycles. The van der Waals surface area contributed by atoms with Crippen LogP contribution < -0.4 is 10.1 Å². The van der Waals surface area contributed by atoms with Crippen LogP contribution >= 0.6 is 0 Å². The van der Waals surface area contributed by atoms with Crippen molar-refractivity contribution >= 4 is 5.82 Å². The van der Waals surface area contributed by atoms with Crippen molar-refractivity contribution in [3.63, 3.8) is 0 Å². The summed E-state index contributed by atoms with van der Waals surface area (Å²) in [5.74, 6) is 2.15. The topological polar surface area (TPSA) is 64.9 Å². The third-order valence-electron chi connectivity index (χ3n) is 3.59. The number of fused-ring (bicyclic) bond motifs is 1. The van der Waals surface area contributed by atoms with Gasteiger partial charge in [0.05, 0.1) is 12.8 Å². The van der Waals surface area contributed by atoms with Gasteiger partial charge in [0, 0.05) is 12.2 Å². The van der Waals surface area contributed by atoms with E-state index in [2.05, 4.69) is 20.3 Å². The molecule has 6 heteroatoms. The maximum absolute atomic E-state index is 5.51. The lowest BCUT2D eigenvalue weighted by molar-refractivity contribution is 0.410. The van der Waals surface area contributed by atoms with Gasteiger partial charge in [0.2, 0.25) is 5.75 Å². The van der Waals surface area contributed by atoms with Crippen molar-refractivity contribution in [2.45, 2.75) is 32.6 Å². The molecule has 3 rings (SSSR count). The Kier molecular flexibility index (Phi) is 3.54. The van der Waals surface area contributed by atoms with E-state index in [0.717, 1.165) is 31.0 Å². The molecule has 1 N–H and O–H groups in total. The van der Waals surface area contributed by atoms with Crippen LogP contribution in [0.15, 0.2) is 12.7 Å². The second-order valence-corrected chi connectivity index (χ2v) is 4.82. The zero-order valence-electron chi connectivity index (χ0n) is 11.9. The highest BCUT2D eigenvalue weighted by Crippen LogP contribution is 2.30. The van der Waals surface area contributed by atoms with Crippen LogP contribution in [0.3, 0.4) is 0 Å². The summed E-state index contributed by atoms with van der Waals surface area (Å²) in [7, 11) is 1.65. The lowest BCUT2D eigenvalue weighted by Gasteiger charge is -2.16. The van der Waals surface area contributed by atoms with Gasteiger partial charge in [-0.3, -0.25) is 4.57 Å². The zero-order valence-corrected chi connectivity index (χ0v) is 11.9. The maximum atomic E-state index is 5.51. The van der Waals surface area contributed by atoms with Gasteiger partial charge < -0.3 is 10.1 Å². The number of anilines is 1. The molecule has 2 aromatic heterocycles. The molecular formula is C14H19N5O. The predicted molar refractivity (Wildman–Crippen MR) is 76.5 cm³/mol. The van der Waals surface area contributed by atoms with Crippen LogP contribution in [0.25, 0.3) is 5.82 Å². The van der Waals surface area contributed by atoms with E-state index in [-0.39, 0.29) is 0 Å². The molecule has 6 nitrogen and oxygen atoms in total. The summed E-state index contributed by atoms with van der Waals surface area (Å²) in [4.78, 5) is 13.1. The fraction of sp³-hybridized carbons (Fsp3) is 0.500. The Balaban J connectivity index is 2.10. The van der Waals surface area contributed by atoms with Crippen LogP contribution in [-0.2, 0) is 12.8 Å². The molecule has 0 bridgehead atoms. The minimum absolute atomic E-state index is 0.667. The molecule has 0 unspecified atom stereocenters. The molecule has 0 aliphatic heterocycles. The third-order valence-corrected chi connectivity index (χ3v) is 3.59. The molecule has 0 fully saturated rings. The monoisotopic (exact) mass is 273 g/mol. The number of methoxy groups -OCH3 is 1. The van der Waals surface area contributed by atoms with Gasteiger partial charge in [0.25, 0.3) is 0 Å². The molecule has 20 heavy (non-hydrogen) atoms. The van der Waals surface area contributed by atoms with E-state index in [9.17, 15) is 0 Å². The molecule has 0 amide bonds. The lowest BCUT2D eigenvalue weighted by Crippen LogP contribution is -2.11. The highest BCUT2D eigenvalue weighted by Gasteiger charge is 2.20. The normalized spacial score (nSPS) is 13.9. The Bertz CT molecular complexity index is 608. The number of ether oxygens (including phenoxy) is 1. The van der Waals surface area contributed by atoms with E-state index < -0.39 is 0 Å². The average molecular weight is 273 g/mol. The molecule has 0 saturated heterocycles. The van der Waals surface area contributed by atoms with Crippen molar-refractivity contribution in [1.82, 2.24) is 19.5 Å². The molecule has 1 aliphatic rings. The SMILES string of the molecule is CCNc1ncnc(-n2cnc3c2CCCC3)c1OC. The highest BCUT2D eigenvalue weighted by atomic mass is 16.5. The van der Waals surface area contributed by atoms with Gasteiger partial charge in [-0.05, 0) is 32.6 Å². The number of hydrogen-bond acceptors (Lipinski definition) is 5. The highest BCUT2D eigenvalue weighted by molar-refractivity contribution is 5.58. The second kappa shape index (κ2) is 5.48. The summed E-state index contributed by atoms with van der Waals surface area (Å²) >= 11 is 0. The Morgan fingerprint density at radius 2 is 2.10 bits per heavy atom. The van der Waals surface area contributed by atoms with E-state index in [4.69, 9.17) is 4.74 Å². The van der Waals surface area contributed by atoms with Gasteiger partial charge in [-0.1, -0.05) is 0 Å². The van der Waals surface area contributed by atoms with Crippen molar-refractivity contribution in [2.24, 2.45) is 0 Å². The fourth-order valence-corrected chi connectivity index (χ4v) is 2.67. The Morgan fingerprint density at radius 3 is 2.90 bits per heavy atom. The summed E-state index contributed by atoms with van der Waals surface area (Å²) in [6.07, 6.45) is 7.91. The summed E-state index contributed by atoms with van der Waals surface area (Å²) in [6, 6.07) is 0. The molecule has 0 radical (unpaired) electrons. The summed E-state index contributed by atoms with van der Waals surface area (Å²) in [5, 5.41) is 3.20. The Hall–Kier alpha value is -2.11. The molecular weight excluding hydrogens is 254 g/mol. The predicted octanol–water partition coefficient (Wildman–Crippen LogP) is 1.98. The van der Waals surface area contributed by atoms with Crippen molar-refractivity contribution in [2.75, 3.05) is 19.0 Å². The average Bonchev–Trinajstić information content (AvgIpc) is 2.91. The van der Waals surface area contributed by atoms with Gasteiger partial charge in [-0.25, -0.2) is 15.0 Å². The maximum Gasteiger partial charge on any atom is 0.205 e. The van der Waals surface area contributed by atoms with Gasteiger partial charge in [-0.15, -0.1) is 0 Å². The smallest absolute Gasteiger partial charge is 0.205 e. The first-order chi connectivity index (χ1) is 9.85. The number of aryl methyl sites for hydroxylation is 1. The molecule has 0 spiro atoms. The number of rotatable bonds is 4. The van der Waals surface area contributed by atoms with Crippen molar-refractivity contribution < 1.29 is 4.74 Å². The molecule has 0 atom stereocenters. The lowest BCUT2D eigenvalue weighted by atomic mass is 10.0. The minimum atomic E-state index is 0.667. The van der Waals surface area contributed by atoms with Crippen LogP contribution in [0.2, 0.25) is 0 Å². The van der Waals surface area contributed by atoms with Gasteiger partial charge >= 0.3 is 0 Å². The standard InChI is InChI=1S/C14H19N5O/c1-3-15-13-12(20-2)14(17-8-16-13)19-9-18-10-6-4-5-7-11(10)19/h8-9H,3-7H2,1-2H3,(H,15,16,17). The summed E-state index contributed by atoms with van der Waals surface area (Å²) < 4.78 is 7.55. The van der Waals surface area contributed by atoms with Crippen molar-refractivity contribution in [3.05, 3.63) is 24.0 Å². The summed E-state index contributed by atoms with van der Waals surface area (Å²) in [6.45, 7) is 2.81. The number of imidazole rings is 1. The van der Waals surface area contributed by atoms with Crippen LogP contribution in [-0.4, -0.2) is 33.2 Å². The first-order valence-corrected chi connectivity index (χ1v) is 7.03. The van der Waals surface area contributed by atoms with Gasteiger partial charge in [0.1, 0.15) is 12.7 Å². The van der Waals surface area contributed by atoms with E-state index >= 15 is 0 Å². The molecule has 106 valence electrons. The largest absolute Gasteiger partial charge is 0.490 e. The second-order valence-electron chi connectivity index (χ2n) is 4.82. The number of hydrogen-bond donors (Lipinski definition) is 1. The molecule has 0 saturated carbocycles. The Morgan fingerprint density at radius 1 is 1.25 bits per heavy atom. The first kappa shape index (κ1) is 12.9. The minimum Gasteiger partial charge on any atom is -0.490 e. The zero-order chi connectivity index (χ0) is 13.9. The quantitative estimate of drug-likeness (QED) is 0.922. The number of nitrogens with one attached hydrogen (secondary N) is 1. The van der Waals surface area contributed by atoms with E-state index in [1.165, 1.54) is 24.2 Å². The van der Waals surface area contributed by atoms with Gasteiger partial charge in [0.15, 0.2) is 11.6 Å². The molecule has 2 heterocycles. The van der Waals surface area contributed by atoms with E-state index in [1.54, 1.807) is 13.4 Å². The van der Waals surface area contributed by atoms with Crippen LogP contribution in [0.1, 0.15) is 31.2 Å². The Labute approximate surface area is 118 Å². The summed E-state index contributed by atoms with van der Waals surface area (Å²) in [5.41, 5.74) is 2.43. The third kappa shape index (κ3) is 2.11. The van der Waals surface area contributed by atoms with Crippen LogP contribution in [0, 0.1) is 0 Å². The molecule has 2 aromatic rings. The van der Waals surface area contributed by atoms with Crippen molar-refractivity contribution in [1.29, 1.82) is 0 Å². The van der Waals surface area contributed by atoms with Gasteiger partial charge in [-0.2, -0.15) is 0 Å². The van der Waals surface area contributed by atoms with E-state index in [1.807, 2.05) is 17.8 Å². The van der Waals surface area contributed by atoms with Crippen molar-refractivity contribution in [3.8, 4) is 11.6 Å². The fourth-order valence-electron chi connectivity index (χ4n) is 2.67. The van der Waals surface area contributed by atoms with E-state index in [0.29, 0.717) is 5.75 Å². The molecule has 1 aliphatic carbocycles.